The summed E-state index contributed by atoms with van der Waals surface area (Å²) in [5.41, 5.74) is 11.2. The highest BCUT2D eigenvalue weighted by atomic mass is 35.5. The molecule has 4 nitrogen and oxygen atoms in total. The predicted molar refractivity (Wildman–Crippen MR) is 57.5 cm³/mol. The summed E-state index contributed by atoms with van der Waals surface area (Å²) in [5, 5.41) is 0.437. The third kappa shape index (κ3) is 3.25. The number of amides is 2. The minimum atomic E-state index is -0.558. The highest BCUT2D eigenvalue weighted by Gasteiger charge is 2.09. The average Bonchev–Trinajstić information content (AvgIpc) is 2.15. The smallest absolute Gasteiger partial charge is 0.249 e. The Morgan fingerprint density at radius 2 is 1.93 bits per heavy atom. The van der Waals surface area contributed by atoms with Crippen LogP contribution in [0.2, 0.25) is 5.02 Å². The molecule has 0 fully saturated rings. The Balaban J connectivity index is 2.95. The fraction of sp³-hybridized carbons (Fsp3) is 0.200. The number of halogens is 1. The molecule has 0 aromatic heterocycles. The number of carbonyl (C=O) groups excluding carboxylic acids is 2. The molecule has 1 aromatic carbocycles. The van der Waals surface area contributed by atoms with E-state index in [0.29, 0.717) is 22.6 Å². The van der Waals surface area contributed by atoms with Crippen molar-refractivity contribution in [2.24, 2.45) is 11.5 Å². The predicted octanol–water partition coefficient (Wildman–Crippen LogP) is 0.857. The van der Waals surface area contributed by atoms with Crippen molar-refractivity contribution in [3.63, 3.8) is 0 Å². The highest BCUT2D eigenvalue weighted by molar-refractivity contribution is 6.31. The van der Waals surface area contributed by atoms with Crippen molar-refractivity contribution in [1.82, 2.24) is 0 Å². The van der Waals surface area contributed by atoms with Gasteiger partial charge in [-0.2, -0.15) is 0 Å². The lowest BCUT2D eigenvalue weighted by Crippen LogP contribution is -2.16. The van der Waals surface area contributed by atoms with Gasteiger partial charge in [-0.25, -0.2) is 0 Å². The maximum atomic E-state index is 11.1. The lowest BCUT2D eigenvalue weighted by molar-refractivity contribution is -0.117. The molecule has 0 atom stereocenters. The van der Waals surface area contributed by atoms with Crippen LogP contribution in [0.1, 0.15) is 22.3 Å². The highest BCUT2D eigenvalue weighted by Crippen LogP contribution is 2.17. The van der Waals surface area contributed by atoms with Gasteiger partial charge in [0.05, 0.1) is 0 Å². The van der Waals surface area contributed by atoms with Crippen LogP contribution in [-0.4, -0.2) is 11.8 Å². The van der Waals surface area contributed by atoms with Crippen LogP contribution in [0.15, 0.2) is 18.2 Å². The number of carbonyl (C=O) groups is 2. The van der Waals surface area contributed by atoms with Gasteiger partial charge in [-0.1, -0.05) is 17.7 Å². The molecular formula is C10H11ClN2O2. The Morgan fingerprint density at radius 3 is 2.47 bits per heavy atom. The Kier molecular flexibility index (Phi) is 3.68. The van der Waals surface area contributed by atoms with E-state index < -0.39 is 11.8 Å². The van der Waals surface area contributed by atoms with Gasteiger partial charge in [-0.05, 0) is 24.1 Å². The maximum absolute atomic E-state index is 11.1. The molecular weight excluding hydrogens is 216 g/mol. The minimum Gasteiger partial charge on any atom is -0.370 e. The van der Waals surface area contributed by atoms with Crippen molar-refractivity contribution in [2.45, 2.75) is 12.8 Å². The van der Waals surface area contributed by atoms with Gasteiger partial charge in [0.2, 0.25) is 11.8 Å². The monoisotopic (exact) mass is 226 g/mol. The first kappa shape index (κ1) is 11.5. The van der Waals surface area contributed by atoms with Crippen LogP contribution < -0.4 is 11.5 Å². The normalized spacial score (nSPS) is 9.93. The largest absolute Gasteiger partial charge is 0.370 e. The molecule has 0 radical (unpaired) electrons. The second kappa shape index (κ2) is 4.79. The van der Waals surface area contributed by atoms with Crippen molar-refractivity contribution >= 4 is 23.4 Å². The third-order valence-electron chi connectivity index (χ3n) is 1.98. The summed E-state index contributed by atoms with van der Waals surface area (Å²) in [4.78, 5) is 21.7. The molecule has 0 aliphatic carbocycles. The summed E-state index contributed by atoms with van der Waals surface area (Å²) in [6, 6.07) is 4.80. The molecule has 0 bridgehead atoms. The van der Waals surface area contributed by atoms with Gasteiger partial charge < -0.3 is 11.5 Å². The molecule has 5 heteroatoms. The van der Waals surface area contributed by atoms with Gasteiger partial charge in [0, 0.05) is 17.0 Å². The molecule has 1 rings (SSSR count). The molecule has 0 aliphatic rings. The van der Waals surface area contributed by atoms with Crippen LogP contribution >= 0.6 is 11.6 Å². The zero-order valence-electron chi connectivity index (χ0n) is 8.00. The maximum Gasteiger partial charge on any atom is 0.249 e. The lowest BCUT2D eigenvalue weighted by atomic mass is 10.0. The van der Waals surface area contributed by atoms with E-state index in [1.807, 2.05) is 0 Å². The first-order valence-corrected chi connectivity index (χ1v) is 4.75. The summed E-state index contributed by atoms with van der Waals surface area (Å²) >= 11 is 5.72. The van der Waals surface area contributed by atoms with Gasteiger partial charge in [-0.3, -0.25) is 9.59 Å². The first-order chi connectivity index (χ1) is 7.00. The van der Waals surface area contributed by atoms with E-state index in [1.54, 1.807) is 12.1 Å². The van der Waals surface area contributed by atoms with E-state index in [4.69, 9.17) is 23.1 Å². The number of hydrogen-bond donors (Lipinski definition) is 2. The minimum absolute atomic E-state index is 0.182. The van der Waals surface area contributed by atoms with Crippen molar-refractivity contribution in [3.05, 3.63) is 34.3 Å². The molecule has 15 heavy (non-hydrogen) atoms. The Labute approximate surface area is 92.2 Å². The van der Waals surface area contributed by atoms with Crippen LogP contribution in [0.5, 0.6) is 0 Å². The molecule has 1 aromatic rings. The fourth-order valence-corrected chi connectivity index (χ4v) is 1.43. The van der Waals surface area contributed by atoms with Crippen LogP contribution in [0.3, 0.4) is 0 Å². The summed E-state index contributed by atoms with van der Waals surface area (Å²) in [6.07, 6.45) is 0.576. The van der Waals surface area contributed by atoms with E-state index >= 15 is 0 Å². The van der Waals surface area contributed by atoms with Gasteiger partial charge >= 0.3 is 0 Å². The number of hydrogen-bond acceptors (Lipinski definition) is 2. The van der Waals surface area contributed by atoms with Crippen molar-refractivity contribution in [1.29, 1.82) is 0 Å². The fourth-order valence-electron chi connectivity index (χ4n) is 1.25. The number of rotatable bonds is 4. The molecule has 4 N–H and O–H groups in total. The van der Waals surface area contributed by atoms with Gasteiger partial charge in [0.1, 0.15) is 0 Å². The molecule has 0 saturated carbocycles. The Bertz CT molecular complexity index is 404. The van der Waals surface area contributed by atoms with Gasteiger partial charge in [-0.15, -0.1) is 0 Å². The van der Waals surface area contributed by atoms with Crippen LogP contribution in [0, 0.1) is 0 Å². The molecule has 0 saturated heterocycles. The van der Waals surface area contributed by atoms with E-state index in [0.717, 1.165) is 0 Å². The van der Waals surface area contributed by atoms with Crippen molar-refractivity contribution in [3.8, 4) is 0 Å². The van der Waals surface area contributed by atoms with Crippen LogP contribution in [0.4, 0.5) is 0 Å². The first-order valence-electron chi connectivity index (χ1n) is 4.37. The Hall–Kier alpha value is -1.55. The quantitative estimate of drug-likeness (QED) is 0.798. The number of primary amides is 2. The van der Waals surface area contributed by atoms with Crippen LogP contribution in [-0.2, 0) is 11.2 Å². The van der Waals surface area contributed by atoms with E-state index in [9.17, 15) is 9.59 Å². The van der Waals surface area contributed by atoms with Gasteiger partial charge in [0.15, 0.2) is 0 Å². The van der Waals surface area contributed by atoms with Crippen molar-refractivity contribution < 1.29 is 9.59 Å². The SMILES string of the molecule is NC(=O)CCc1ccc(Cl)cc1C(N)=O. The number of nitrogens with two attached hydrogens (primary N) is 2. The topological polar surface area (TPSA) is 86.2 Å². The third-order valence-corrected chi connectivity index (χ3v) is 2.21. The molecule has 80 valence electrons. The van der Waals surface area contributed by atoms with Gasteiger partial charge in [0.25, 0.3) is 0 Å². The number of aryl methyl sites for hydroxylation is 1. The molecule has 0 aliphatic heterocycles. The number of benzene rings is 1. The zero-order valence-corrected chi connectivity index (χ0v) is 8.75. The van der Waals surface area contributed by atoms with E-state index in [1.165, 1.54) is 6.07 Å². The lowest BCUT2D eigenvalue weighted by Gasteiger charge is -2.05. The van der Waals surface area contributed by atoms with E-state index in [2.05, 4.69) is 0 Å². The summed E-state index contributed by atoms with van der Waals surface area (Å²) in [6.45, 7) is 0. The van der Waals surface area contributed by atoms with Crippen LogP contribution in [0.25, 0.3) is 0 Å². The molecule has 0 heterocycles. The Morgan fingerprint density at radius 1 is 1.27 bits per heavy atom. The zero-order chi connectivity index (χ0) is 11.4. The summed E-state index contributed by atoms with van der Waals surface area (Å²) in [7, 11) is 0. The second-order valence-electron chi connectivity index (χ2n) is 3.13. The standard InChI is InChI=1S/C10H11ClN2O2/c11-7-3-1-6(2-4-9(12)14)8(5-7)10(13)15/h1,3,5H,2,4H2,(H2,12,14)(H2,13,15). The van der Waals surface area contributed by atoms with Crippen molar-refractivity contribution in [2.75, 3.05) is 0 Å². The molecule has 0 unspecified atom stereocenters. The molecule has 0 spiro atoms. The second-order valence-corrected chi connectivity index (χ2v) is 3.57. The van der Waals surface area contributed by atoms with E-state index in [-0.39, 0.29) is 6.42 Å². The summed E-state index contributed by atoms with van der Waals surface area (Å²) < 4.78 is 0. The summed E-state index contributed by atoms with van der Waals surface area (Å²) in [5.74, 6) is -0.975. The average molecular weight is 227 g/mol. The molecule has 2 amide bonds.